The molecule has 3 N–H and O–H groups in total. The van der Waals surface area contributed by atoms with Crippen LogP contribution in [0.2, 0.25) is 0 Å². The van der Waals surface area contributed by atoms with Crippen LogP contribution < -0.4 is 10.6 Å². The normalized spacial score (nSPS) is 9.82. The summed E-state index contributed by atoms with van der Waals surface area (Å²) >= 11 is 0. The minimum Gasteiger partial charge on any atom is -0.480 e. The fraction of sp³-hybridized carbons (Fsp3) is 0.333. The lowest BCUT2D eigenvalue weighted by Crippen LogP contribution is -2.38. The van der Waals surface area contributed by atoms with Gasteiger partial charge in [0.1, 0.15) is 6.54 Å². The molecule has 0 fully saturated rings. The van der Waals surface area contributed by atoms with Gasteiger partial charge in [0, 0.05) is 18.4 Å². The summed E-state index contributed by atoms with van der Waals surface area (Å²) in [4.78, 5) is 44.7. The second-order valence-corrected chi connectivity index (χ2v) is 4.59. The van der Waals surface area contributed by atoms with Gasteiger partial charge in [0.15, 0.2) is 5.78 Å². The maximum absolute atomic E-state index is 11.8. The van der Waals surface area contributed by atoms with Crippen LogP contribution in [0.1, 0.15) is 29.6 Å². The lowest BCUT2D eigenvalue weighted by atomic mass is 10.1. The smallest absolute Gasteiger partial charge is 0.322 e. The van der Waals surface area contributed by atoms with Crippen LogP contribution in [0.4, 0.5) is 0 Å². The Bertz CT molecular complexity index is 542. The Morgan fingerprint density at radius 3 is 2.14 bits per heavy atom. The van der Waals surface area contributed by atoms with E-state index in [0.29, 0.717) is 12.0 Å². The Labute approximate surface area is 127 Å². The number of rotatable bonds is 9. The summed E-state index contributed by atoms with van der Waals surface area (Å²) in [5, 5.41) is 12.9. The second kappa shape index (κ2) is 9.28. The van der Waals surface area contributed by atoms with Crippen molar-refractivity contribution in [1.82, 2.24) is 10.6 Å². The molecule has 0 saturated carbocycles. The molecule has 7 heteroatoms. The molecule has 0 heterocycles. The van der Waals surface area contributed by atoms with Crippen LogP contribution in [0.25, 0.3) is 0 Å². The third-order valence-electron chi connectivity index (χ3n) is 2.79. The molecule has 0 saturated heterocycles. The van der Waals surface area contributed by atoms with E-state index in [2.05, 4.69) is 10.6 Å². The lowest BCUT2D eigenvalue weighted by Gasteiger charge is -2.05. The van der Waals surface area contributed by atoms with E-state index in [9.17, 15) is 19.2 Å². The molecule has 22 heavy (non-hydrogen) atoms. The quantitative estimate of drug-likeness (QED) is 0.570. The number of nitrogens with one attached hydrogen (secondary N) is 2. The number of ketones is 1. The topological polar surface area (TPSA) is 113 Å². The van der Waals surface area contributed by atoms with Crippen LogP contribution in [0.15, 0.2) is 30.3 Å². The van der Waals surface area contributed by atoms with Crippen LogP contribution in [0.5, 0.6) is 0 Å². The van der Waals surface area contributed by atoms with E-state index >= 15 is 0 Å². The predicted octanol–water partition coefficient (Wildman–Crippen LogP) is 0.357. The number of amides is 2. The summed E-state index contributed by atoms with van der Waals surface area (Å²) in [6.45, 7) is -0.765. The zero-order valence-electron chi connectivity index (χ0n) is 12.0. The third-order valence-corrected chi connectivity index (χ3v) is 2.79. The summed E-state index contributed by atoms with van der Waals surface area (Å²) in [6, 6.07) is 8.80. The number of aliphatic carboxylic acids is 1. The largest absolute Gasteiger partial charge is 0.480 e. The highest BCUT2D eigenvalue weighted by Gasteiger charge is 2.09. The van der Waals surface area contributed by atoms with Crippen molar-refractivity contribution in [2.45, 2.75) is 19.3 Å². The number of carboxylic acid groups (broad SMARTS) is 1. The maximum Gasteiger partial charge on any atom is 0.322 e. The van der Waals surface area contributed by atoms with E-state index in [1.807, 2.05) is 6.07 Å². The first-order valence-corrected chi connectivity index (χ1v) is 6.82. The number of hydrogen-bond acceptors (Lipinski definition) is 4. The number of carbonyl (C=O) groups is 4. The first kappa shape index (κ1) is 17.4. The third kappa shape index (κ3) is 7.18. The van der Waals surface area contributed by atoms with Gasteiger partial charge in [-0.15, -0.1) is 0 Å². The summed E-state index contributed by atoms with van der Waals surface area (Å²) in [7, 11) is 0. The van der Waals surface area contributed by atoms with E-state index in [1.165, 1.54) is 0 Å². The SMILES string of the molecule is O=C(O)CNC(=O)CNC(=O)CCCC(=O)c1ccccc1. The zero-order chi connectivity index (χ0) is 16.4. The monoisotopic (exact) mass is 306 g/mol. The van der Waals surface area contributed by atoms with E-state index < -0.39 is 18.4 Å². The van der Waals surface area contributed by atoms with Gasteiger partial charge in [-0.3, -0.25) is 19.2 Å². The molecule has 0 atom stereocenters. The molecule has 0 aliphatic rings. The van der Waals surface area contributed by atoms with Crippen molar-refractivity contribution >= 4 is 23.6 Å². The number of Topliss-reactive ketones (excluding diaryl/α,β-unsaturated/α-hetero) is 1. The van der Waals surface area contributed by atoms with Gasteiger partial charge >= 0.3 is 5.97 Å². The molecule has 0 spiro atoms. The molecule has 0 aliphatic heterocycles. The lowest BCUT2D eigenvalue weighted by molar-refractivity contribution is -0.137. The Morgan fingerprint density at radius 1 is 0.864 bits per heavy atom. The van der Waals surface area contributed by atoms with Gasteiger partial charge in [0.05, 0.1) is 6.54 Å². The van der Waals surface area contributed by atoms with Crippen molar-refractivity contribution in [3.05, 3.63) is 35.9 Å². The van der Waals surface area contributed by atoms with Crippen molar-refractivity contribution in [1.29, 1.82) is 0 Å². The average Bonchev–Trinajstić information content (AvgIpc) is 2.51. The standard InChI is InChI=1S/C15H18N2O5/c18-12(11-5-2-1-3-6-11)7-4-8-13(19)16-9-14(20)17-10-15(21)22/h1-3,5-6H,4,7-10H2,(H,16,19)(H,17,20)(H,21,22). The van der Waals surface area contributed by atoms with Crippen LogP contribution in [-0.2, 0) is 14.4 Å². The number of hydrogen-bond donors (Lipinski definition) is 3. The Kier molecular flexibility index (Phi) is 7.32. The Balaban J connectivity index is 2.17. The molecule has 0 aromatic heterocycles. The highest BCUT2D eigenvalue weighted by atomic mass is 16.4. The second-order valence-electron chi connectivity index (χ2n) is 4.59. The molecule has 0 aliphatic carbocycles. The first-order chi connectivity index (χ1) is 10.5. The summed E-state index contributed by atoms with van der Waals surface area (Å²) < 4.78 is 0. The van der Waals surface area contributed by atoms with Gasteiger partial charge < -0.3 is 15.7 Å². The number of carbonyl (C=O) groups excluding carboxylic acids is 3. The van der Waals surface area contributed by atoms with Crippen LogP contribution in [-0.4, -0.2) is 41.8 Å². The van der Waals surface area contributed by atoms with E-state index in [4.69, 9.17) is 5.11 Å². The van der Waals surface area contributed by atoms with Gasteiger partial charge in [0.2, 0.25) is 11.8 Å². The van der Waals surface area contributed by atoms with Crippen molar-refractivity contribution in [3.63, 3.8) is 0 Å². The van der Waals surface area contributed by atoms with Gasteiger partial charge in [-0.05, 0) is 6.42 Å². The molecule has 1 aromatic carbocycles. The molecule has 7 nitrogen and oxygen atoms in total. The van der Waals surface area contributed by atoms with Crippen molar-refractivity contribution in [2.75, 3.05) is 13.1 Å². The summed E-state index contributed by atoms with van der Waals surface area (Å²) in [6.07, 6.45) is 0.768. The van der Waals surface area contributed by atoms with Crippen LogP contribution in [0, 0.1) is 0 Å². The summed E-state index contributed by atoms with van der Waals surface area (Å²) in [5.74, 6) is -2.12. The molecule has 1 rings (SSSR count). The zero-order valence-corrected chi connectivity index (χ0v) is 12.0. The van der Waals surface area contributed by atoms with E-state index in [1.54, 1.807) is 24.3 Å². The molecule has 2 amide bonds. The van der Waals surface area contributed by atoms with Gasteiger partial charge in [-0.25, -0.2) is 0 Å². The predicted molar refractivity (Wildman–Crippen MR) is 78.3 cm³/mol. The number of carboxylic acids is 1. The Morgan fingerprint density at radius 2 is 1.50 bits per heavy atom. The van der Waals surface area contributed by atoms with Crippen molar-refractivity contribution < 1.29 is 24.3 Å². The molecule has 118 valence electrons. The van der Waals surface area contributed by atoms with Gasteiger partial charge in [-0.2, -0.15) is 0 Å². The average molecular weight is 306 g/mol. The van der Waals surface area contributed by atoms with Crippen LogP contribution >= 0.6 is 0 Å². The minimum atomic E-state index is -1.15. The summed E-state index contributed by atoms with van der Waals surface area (Å²) in [5.41, 5.74) is 0.607. The highest BCUT2D eigenvalue weighted by molar-refractivity contribution is 5.96. The van der Waals surface area contributed by atoms with Gasteiger partial charge in [0.25, 0.3) is 0 Å². The van der Waals surface area contributed by atoms with Crippen molar-refractivity contribution in [3.8, 4) is 0 Å². The molecule has 0 unspecified atom stereocenters. The molecular weight excluding hydrogens is 288 g/mol. The molecule has 1 aromatic rings. The fourth-order valence-corrected chi connectivity index (χ4v) is 1.68. The van der Waals surface area contributed by atoms with E-state index in [0.717, 1.165) is 0 Å². The molecule has 0 radical (unpaired) electrons. The van der Waals surface area contributed by atoms with Crippen LogP contribution in [0.3, 0.4) is 0 Å². The van der Waals surface area contributed by atoms with Crippen molar-refractivity contribution in [2.24, 2.45) is 0 Å². The molecule has 0 bridgehead atoms. The molecular formula is C15H18N2O5. The first-order valence-electron chi connectivity index (χ1n) is 6.82. The van der Waals surface area contributed by atoms with Gasteiger partial charge in [-0.1, -0.05) is 30.3 Å². The number of benzene rings is 1. The fourth-order valence-electron chi connectivity index (χ4n) is 1.68. The van der Waals surface area contributed by atoms with E-state index in [-0.39, 0.29) is 31.1 Å². The highest BCUT2D eigenvalue weighted by Crippen LogP contribution is 2.06. The Hall–Kier alpha value is -2.70. The maximum atomic E-state index is 11.8. The minimum absolute atomic E-state index is 0.0346.